The molecule has 0 amide bonds. The summed E-state index contributed by atoms with van der Waals surface area (Å²) in [6.07, 6.45) is 1.73. The molecule has 1 heterocycles. The second-order valence-electron chi connectivity index (χ2n) is 4.51. The molecule has 20 heavy (non-hydrogen) atoms. The first-order valence-corrected chi connectivity index (χ1v) is 6.85. The number of carboxylic acid groups (broad SMARTS) is 1. The van der Waals surface area contributed by atoms with Gasteiger partial charge in [-0.15, -0.1) is 0 Å². The third-order valence-corrected chi connectivity index (χ3v) is 3.60. The van der Waals surface area contributed by atoms with E-state index < -0.39 is 5.97 Å². The van der Waals surface area contributed by atoms with E-state index in [1.165, 1.54) is 0 Å². The standard InChI is InChI=1S/C15H11BrN2O2/c16-12-3-1-2-10(6-12)8-18-9-17-13-5-4-11(15(19)20)7-14(13)18/h1-7,9H,8H2,(H,19,20). The molecule has 0 atom stereocenters. The average Bonchev–Trinajstić information content (AvgIpc) is 2.81. The van der Waals surface area contributed by atoms with Gasteiger partial charge in [-0.3, -0.25) is 0 Å². The Labute approximate surface area is 123 Å². The van der Waals surface area contributed by atoms with E-state index in [-0.39, 0.29) is 5.56 Å². The van der Waals surface area contributed by atoms with Crippen molar-refractivity contribution >= 4 is 32.9 Å². The average molecular weight is 331 g/mol. The largest absolute Gasteiger partial charge is 0.478 e. The van der Waals surface area contributed by atoms with Crippen LogP contribution < -0.4 is 0 Å². The minimum atomic E-state index is -0.929. The number of aromatic carboxylic acids is 1. The normalized spacial score (nSPS) is 10.8. The zero-order valence-corrected chi connectivity index (χ0v) is 12.0. The third-order valence-electron chi connectivity index (χ3n) is 3.11. The predicted molar refractivity (Wildman–Crippen MR) is 79.9 cm³/mol. The molecular weight excluding hydrogens is 320 g/mol. The van der Waals surface area contributed by atoms with Gasteiger partial charge in [-0.2, -0.15) is 0 Å². The number of benzene rings is 2. The van der Waals surface area contributed by atoms with Crippen molar-refractivity contribution in [3.8, 4) is 0 Å². The highest BCUT2D eigenvalue weighted by Gasteiger charge is 2.08. The Bertz CT molecular complexity index is 795. The lowest BCUT2D eigenvalue weighted by molar-refractivity contribution is 0.0697. The van der Waals surface area contributed by atoms with Crippen molar-refractivity contribution in [1.82, 2.24) is 9.55 Å². The molecule has 0 aliphatic rings. The zero-order valence-electron chi connectivity index (χ0n) is 10.5. The maximum atomic E-state index is 11.0. The fraction of sp³-hybridized carbons (Fsp3) is 0.0667. The number of carboxylic acids is 1. The van der Waals surface area contributed by atoms with Crippen LogP contribution in [-0.4, -0.2) is 20.6 Å². The number of fused-ring (bicyclic) bond motifs is 1. The summed E-state index contributed by atoms with van der Waals surface area (Å²) < 4.78 is 2.97. The summed E-state index contributed by atoms with van der Waals surface area (Å²) in [5.41, 5.74) is 3.02. The van der Waals surface area contributed by atoms with Crippen LogP contribution in [0.25, 0.3) is 11.0 Å². The van der Waals surface area contributed by atoms with E-state index in [9.17, 15) is 4.79 Å². The lowest BCUT2D eigenvalue weighted by Crippen LogP contribution is -2.00. The molecule has 0 radical (unpaired) electrons. The van der Waals surface area contributed by atoms with Crippen molar-refractivity contribution in [3.05, 3.63) is 64.4 Å². The van der Waals surface area contributed by atoms with Crippen LogP contribution in [0.2, 0.25) is 0 Å². The Morgan fingerprint density at radius 2 is 2.10 bits per heavy atom. The van der Waals surface area contributed by atoms with Crippen molar-refractivity contribution in [2.75, 3.05) is 0 Å². The van der Waals surface area contributed by atoms with E-state index in [1.807, 2.05) is 28.8 Å². The summed E-state index contributed by atoms with van der Waals surface area (Å²) >= 11 is 3.44. The van der Waals surface area contributed by atoms with E-state index in [2.05, 4.69) is 20.9 Å². The quantitative estimate of drug-likeness (QED) is 0.799. The number of aromatic nitrogens is 2. The second kappa shape index (κ2) is 5.09. The van der Waals surface area contributed by atoms with Crippen LogP contribution >= 0.6 is 15.9 Å². The highest BCUT2D eigenvalue weighted by Crippen LogP contribution is 2.18. The molecule has 2 aromatic carbocycles. The highest BCUT2D eigenvalue weighted by molar-refractivity contribution is 9.10. The van der Waals surface area contributed by atoms with Gasteiger partial charge in [0, 0.05) is 11.0 Å². The van der Waals surface area contributed by atoms with E-state index >= 15 is 0 Å². The van der Waals surface area contributed by atoms with Gasteiger partial charge in [0.05, 0.1) is 22.9 Å². The molecule has 0 fully saturated rings. The maximum Gasteiger partial charge on any atom is 0.335 e. The van der Waals surface area contributed by atoms with Crippen LogP contribution in [0, 0.1) is 0 Å². The number of hydrogen-bond donors (Lipinski definition) is 1. The number of hydrogen-bond acceptors (Lipinski definition) is 2. The zero-order chi connectivity index (χ0) is 14.1. The van der Waals surface area contributed by atoms with E-state index in [1.54, 1.807) is 24.5 Å². The Hall–Kier alpha value is -2.14. The van der Waals surface area contributed by atoms with Crippen molar-refractivity contribution in [2.45, 2.75) is 6.54 Å². The molecular formula is C15H11BrN2O2. The van der Waals surface area contributed by atoms with E-state index in [0.717, 1.165) is 21.1 Å². The van der Waals surface area contributed by atoms with Gasteiger partial charge >= 0.3 is 5.97 Å². The van der Waals surface area contributed by atoms with Crippen LogP contribution in [-0.2, 0) is 6.54 Å². The first kappa shape index (κ1) is 12.9. The summed E-state index contributed by atoms with van der Waals surface area (Å²) in [7, 11) is 0. The van der Waals surface area contributed by atoms with Crippen LogP contribution in [0.15, 0.2) is 53.3 Å². The molecule has 3 rings (SSSR count). The van der Waals surface area contributed by atoms with E-state index in [0.29, 0.717) is 6.54 Å². The third kappa shape index (κ3) is 2.44. The summed E-state index contributed by atoms with van der Waals surface area (Å²) in [5.74, 6) is -0.929. The predicted octanol–water partition coefficient (Wildman–Crippen LogP) is 3.55. The molecule has 0 aliphatic carbocycles. The van der Waals surface area contributed by atoms with Gasteiger partial charge in [-0.25, -0.2) is 9.78 Å². The number of imidazole rings is 1. The molecule has 3 aromatic rings. The summed E-state index contributed by atoms with van der Waals surface area (Å²) in [6, 6.07) is 13.0. The Morgan fingerprint density at radius 1 is 1.25 bits per heavy atom. The Morgan fingerprint density at radius 3 is 2.85 bits per heavy atom. The van der Waals surface area contributed by atoms with Crippen LogP contribution in [0.5, 0.6) is 0 Å². The molecule has 1 aromatic heterocycles. The fourth-order valence-electron chi connectivity index (χ4n) is 2.15. The number of nitrogens with zero attached hydrogens (tertiary/aromatic N) is 2. The molecule has 0 aliphatic heterocycles. The molecule has 4 nitrogen and oxygen atoms in total. The molecule has 0 unspecified atom stereocenters. The fourth-order valence-corrected chi connectivity index (χ4v) is 2.59. The maximum absolute atomic E-state index is 11.0. The second-order valence-corrected chi connectivity index (χ2v) is 5.43. The lowest BCUT2D eigenvalue weighted by atomic mass is 10.2. The van der Waals surface area contributed by atoms with Crippen LogP contribution in [0.4, 0.5) is 0 Å². The van der Waals surface area contributed by atoms with E-state index in [4.69, 9.17) is 5.11 Å². The molecule has 5 heteroatoms. The van der Waals surface area contributed by atoms with Crippen molar-refractivity contribution < 1.29 is 9.90 Å². The van der Waals surface area contributed by atoms with Crippen LogP contribution in [0.3, 0.4) is 0 Å². The lowest BCUT2D eigenvalue weighted by Gasteiger charge is -2.05. The van der Waals surface area contributed by atoms with Gasteiger partial charge in [0.2, 0.25) is 0 Å². The van der Waals surface area contributed by atoms with Gasteiger partial charge in [0.25, 0.3) is 0 Å². The van der Waals surface area contributed by atoms with Crippen molar-refractivity contribution in [1.29, 1.82) is 0 Å². The minimum Gasteiger partial charge on any atom is -0.478 e. The summed E-state index contributed by atoms with van der Waals surface area (Å²) in [6.45, 7) is 0.652. The molecule has 0 saturated carbocycles. The smallest absolute Gasteiger partial charge is 0.335 e. The molecule has 1 N–H and O–H groups in total. The van der Waals surface area contributed by atoms with Crippen molar-refractivity contribution in [2.24, 2.45) is 0 Å². The Kier molecular flexibility index (Phi) is 3.28. The SMILES string of the molecule is O=C(O)c1ccc2ncn(Cc3cccc(Br)c3)c2c1. The first-order chi connectivity index (χ1) is 9.63. The van der Waals surface area contributed by atoms with Gasteiger partial charge in [0.1, 0.15) is 0 Å². The van der Waals surface area contributed by atoms with Gasteiger partial charge < -0.3 is 9.67 Å². The van der Waals surface area contributed by atoms with Gasteiger partial charge in [0.15, 0.2) is 0 Å². The summed E-state index contributed by atoms with van der Waals surface area (Å²) in [4.78, 5) is 15.3. The molecule has 100 valence electrons. The molecule has 0 bridgehead atoms. The topological polar surface area (TPSA) is 55.1 Å². The highest BCUT2D eigenvalue weighted by atomic mass is 79.9. The first-order valence-electron chi connectivity index (χ1n) is 6.06. The Balaban J connectivity index is 2.03. The summed E-state index contributed by atoms with van der Waals surface area (Å²) in [5, 5.41) is 9.06. The number of halogens is 1. The van der Waals surface area contributed by atoms with Gasteiger partial charge in [-0.1, -0.05) is 28.1 Å². The monoisotopic (exact) mass is 330 g/mol. The molecule has 0 saturated heterocycles. The van der Waals surface area contributed by atoms with Gasteiger partial charge in [-0.05, 0) is 35.9 Å². The van der Waals surface area contributed by atoms with Crippen LogP contribution in [0.1, 0.15) is 15.9 Å². The minimum absolute atomic E-state index is 0.272. The number of rotatable bonds is 3. The molecule has 0 spiro atoms. The number of carbonyl (C=O) groups is 1. The van der Waals surface area contributed by atoms with Crippen molar-refractivity contribution in [3.63, 3.8) is 0 Å².